The summed E-state index contributed by atoms with van der Waals surface area (Å²) in [5.41, 5.74) is 7.30. The first kappa shape index (κ1) is 13.8. The molecule has 0 aromatic heterocycles. The van der Waals surface area contributed by atoms with Gasteiger partial charge in [0.05, 0.1) is 5.56 Å². The molecule has 3 N–H and O–H groups in total. The number of nitrogens with two attached hydrogens (primary N) is 1. The molecule has 116 valence electrons. The van der Waals surface area contributed by atoms with Gasteiger partial charge in [-0.3, -0.25) is 9.59 Å². The number of Topliss-reactive ketones (excluding diaryl/α,β-unsaturated/α-hetero) is 1. The molecule has 22 heavy (non-hydrogen) atoms. The predicted molar refractivity (Wildman–Crippen MR) is 81.7 cm³/mol. The lowest BCUT2D eigenvalue weighted by Gasteiger charge is -2.55. The Bertz CT molecular complexity index is 681. The zero-order chi connectivity index (χ0) is 15.5. The first-order chi connectivity index (χ1) is 10.5. The van der Waals surface area contributed by atoms with Crippen molar-refractivity contribution in [3.8, 4) is 5.75 Å². The van der Waals surface area contributed by atoms with Crippen LogP contribution < -0.4 is 5.73 Å². The van der Waals surface area contributed by atoms with E-state index >= 15 is 0 Å². The van der Waals surface area contributed by atoms with Crippen LogP contribution in [0.2, 0.25) is 0 Å². The third-order valence-corrected chi connectivity index (χ3v) is 6.23. The number of phenols is 1. The van der Waals surface area contributed by atoms with Crippen molar-refractivity contribution in [1.82, 2.24) is 0 Å². The van der Waals surface area contributed by atoms with Gasteiger partial charge in [-0.05, 0) is 49.1 Å². The van der Waals surface area contributed by atoms with E-state index in [1.165, 1.54) is 6.42 Å². The summed E-state index contributed by atoms with van der Waals surface area (Å²) in [4.78, 5) is 23.8. The molecule has 1 aromatic rings. The highest BCUT2D eigenvalue weighted by molar-refractivity contribution is 5.96. The van der Waals surface area contributed by atoms with Gasteiger partial charge in [-0.15, -0.1) is 0 Å². The fourth-order valence-corrected chi connectivity index (χ4v) is 5.49. The Balaban J connectivity index is 1.97. The van der Waals surface area contributed by atoms with Gasteiger partial charge in [-0.2, -0.15) is 0 Å². The second kappa shape index (κ2) is 4.58. The van der Waals surface area contributed by atoms with Crippen molar-refractivity contribution in [2.45, 2.75) is 50.4 Å². The lowest BCUT2D eigenvalue weighted by Crippen LogP contribution is -2.51. The zero-order valence-corrected chi connectivity index (χ0v) is 12.6. The highest BCUT2D eigenvalue weighted by Gasteiger charge is 2.54. The van der Waals surface area contributed by atoms with Crippen molar-refractivity contribution in [3.63, 3.8) is 0 Å². The molecule has 2 saturated carbocycles. The Morgan fingerprint density at radius 3 is 2.91 bits per heavy atom. The van der Waals surface area contributed by atoms with E-state index in [9.17, 15) is 14.7 Å². The number of aromatic hydroxyl groups is 1. The minimum Gasteiger partial charge on any atom is -0.507 e. The molecule has 3 atom stereocenters. The molecule has 0 saturated heterocycles. The van der Waals surface area contributed by atoms with Crippen LogP contribution in [0.25, 0.3) is 0 Å². The van der Waals surface area contributed by atoms with Gasteiger partial charge in [0.15, 0.2) is 0 Å². The number of carbonyl (C=O) groups excluding carboxylic acids is 2. The van der Waals surface area contributed by atoms with Crippen molar-refractivity contribution in [2.24, 2.45) is 17.6 Å². The first-order valence-electron chi connectivity index (χ1n) is 8.20. The van der Waals surface area contributed by atoms with Crippen molar-refractivity contribution in [1.29, 1.82) is 0 Å². The van der Waals surface area contributed by atoms with E-state index in [4.69, 9.17) is 5.73 Å². The summed E-state index contributed by atoms with van der Waals surface area (Å²) in [5, 5.41) is 10.7. The van der Waals surface area contributed by atoms with Crippen LogP contribution in [-0.2, 0) is 16.6 Å². The van der Waals surface area contributed by atoms with Gasteiger partial charge in [0, 0.05) is 23.8 Å². The van der Waals surface area contributed by atoms with Gasteiger partial charge < -0.3 is 10.8 Å². The van der Waals surface area contributed by atoms with Gasteiger partial charge in [-0.1, -0.05) is 12.5 Å². The first-order valence-corrected chi connectivity index (χ1v) is 8.20. The van der Waals surface area contributed by atoms with Crippen molar-refractivity contribution in [2.75, 3.05) is 0 Å². The highest BCUT2D eigenvalue weighted by atomic mass is 16.3. The van der Waals surface area contributed by atoms with Crippen LogP contribution in [-0.4, -0.2) is 16.8 Å². The van der Waals surface area contributed by atoms with Crippen LogP contribution in [0.15, 0.2) is 12.1 Å². The molecule has 2 bridgehead atoms. The van der Waals surface area contributed by atoms with Crippen molar-refractivity contribution >= 4 is 11.7 Å². The molecular formula is C18H21NO3. The number of benzene rings is 1. The smallest absolute Gasteiger partial charge is 0.252 e. The quantitative estimate of drug-likeness (QED) is 0.836. The summed E-state index contributed by atoms with van der Waals surface area (Å²) in [5.74, 6) is 0.778. The lowest BCUT2D eigenvalue weighted by molar-refractivity contribution is -0.125. The van der Waals surface area contributed by atoms with Crippen LogP contribution in [0, 0.1) is 11.8 Å². The maximum absolute atomic E-state index is 12.2. The highest BCUT2D eigenvalue weighted by Crippen LogP contribution is 2.60. The molecule has 3 aliphatic rings. The normalized spacial score (nSPS) is 33.0. The molecule has 4 nitrogen and oxygen atoms in total. The van der Waals surface area contributed by atoms with Gasteiger partial charge in [0.1, 0.15) is 11.5 Å². The van der Waals surface area contributed by atoms with Crippen LogP contribution in [0.4, 0.5) is 0 Å². The van der Waals surface area contributed by atoms with Crippen LogP contribution in [0.3, 0.4) is 0 Å². The van der Waals surface area contributed by atoms with E-state index in [1.54, 1.807) is 6.07 Å². The molecule has 0 heterocycles. The number of ketones is 1. The van der Waals surface area contributed by atoms with Crippen molar-refractivity contribution in [3.05, 3.63) is 28.8 Å². The molecule has 0 unspecified atom stereocenters. The Labute approximate surface area is 129 Å². The number of hydrogen-bond donors (Lipinski definition) is 2. The standard InChI is InChI=1S/C18H21NO3/c19-17(22)13-5-3-11-8-10-2-1-7-18(15(11)16(13)21)9-12(20)4-6-14(10)18/h3,5,10,14,21H,1-2,4,6-9H2,(H2,19,22)/t10-,14+,18+/m1/s1. The Hall–Kier alpha value is -1.84. The molecule has 4 rings (SSSR count). The number of primary amides is 1. The summed E-state index contributed by atoms with van der Waals surface area (Å²) < 4.78 is 0. The summed E-state index contributed by atoms with van der Waals surface area (Å²) in [6.45, 7) is 0. The van der Waals surface area contributed by atoms with E-state index in [0.29, 0.717) is 24.7 Å². The summed E-state index contributed by atoms with van der Waals surface area (Å²) in [7, 11) is 0. The Morgan fingerprint density at radius 2 is 2.14 bits per heavy atom. The molecule has 4 heteroatoms. The summed E-state index contributed by atoms with van der Waals surface area (Å²) >= 11 is 0. The van der Waals surface area contributed by atoms with E-state index in [-0.39, 0.29) is 22.5 Å². The van der Waals surface area contributed by atoms with E-state index in [2.05, 4.69) is 0 Å². The van der Waals surface area contributed by atoms with Gasteiger partial charge in [0.2, 0.25) is 0 Å². The molecule has 3 aliphatic carbocycles. The van der Waals surface area contributed by atoms with E-state index < -0.39 is 5.91 Å². The molecule has 0 aliphatic heterocycles. The maximum Gasteiger partial charge on any atom is 0.252 e. The number of hydrogen-bond acceptors (Lipinski definition) is 3. The number of rotatable bonds is 1. The minimum atomic E-state index is -0.603. The average molecular weight is 299 g/mol. The second-order valence-corrected chi connectivity index (χ2v) is 7.23. The Morgan fingerprint density at radius 1 is 1.32 bits per heavy atom. The van der Waals surface area contributed by atoms with Crippen molar-refractivity contribution < 1.29 is 14.7 Å². The fraction of sp³-hybridized carbons (Fsp3) is 0.556. The number of amides is 1. The number of fused-ring (bicyclic) bond motifs is 1. The predicted octanol–water partition coefficient (Wildman–Crippen LogP) is 2.45. The van der Waals surface area contributed by atoms with Gasteiger partial charge in [0.25, 0.3) is 5.91 Å². The second-order valence-electron chi connectivity index (χ2n) is 7.23. The summed E-state index contributed by atoms with van der Waals surface area (Å²) in [6.07, 6.45) is 6.27. The molecule has 1 aromatic carbocycles. The number of carbonyl (C=O) groups is 2. The van der Waals surface area contributed by atoms with Gasteiger partial charge in [-0.25, -0.2) is 0 Å². The average Bonchev–Trinajstić information content (AvgIpc) is 2.45. The molecular weight excluding hydrogens is 278 g/mol. The third kappa shape index (κ3) is 1.70. The fourth-order valence-electron chi connectivity index (χ4n) is 5.49. The molecule has 0 spiro atoms. The monoisotopic (exact) mass is 299 g/mol. The maximum atomic E-state index is 12.2. The Kier molecular flexibility index (Phi) is 2.87. The largest absolute Gasteiger partial charge is 0.507 e. The molecule has 1 amide bonds. The van der Waals surface area contributed by atoms with E-state index in [0.717, 1.165) is 36.8 Å². The van der Waals surface area contributed by atoms with Gasteiger partial charge >= 0.3 is 0 Å². The lowest BCUT2D eigenvalue weighted by atomic mass is 9.48. The zero-order valence-electron chi connectivity index (χ0n) is 12.6. The topological polar surface area (TPSA) is 80.4 Å². The molecule has 2 fully saturated rings. The van der Waals surface area contributed by atoms with E-state index in [1.807, 2.05) is 6.07 Å². The van der Waals surface area contributed by atoms with Crippen LogP contribution in [0.5, 0.6) is 5.75 Å². The minimum absolute atomic E-state index is 0.0325. The van der Waals surface area contributed by atoms with Crippen LogP contribution >= 0.6 is 0 Å². The third-order valence-electron chi connectivity index (χ3n) is 6.23. The summed E-state index contributed by atoms with van der Waals surface area (Å²) in [6, 6.07) is 3.57. The van der Waals surface area contributed by atoms with Crippen LogP contribution in [0.1, 0.15) is 60.0 Å². The SMILES string of the molecule is NC(=O)c1ccc2c(c1O)[C@]13CCC[C@H](C2)[C@@H]1CCC(=O)C3. The molecule has 0 radical (unpaired) electrons.